The number of rotatable bonds is 6. The Kier molecular flexibility index (Phi) is 5.56. The van der Waals surface area contributed by atoms with Crippen molar-refractivity contribution in [1.29, 1.82) is 0 Å². The number of carbonyl (C=O) groups is 1. The lowest BCUT2D eigenvalue weighted by Gasteiger charge is -2.29. The van der Waals surface area contributed by atoms with Crippen LogP contribution < -0.4 is 10.1 Å². The highest BCUT2D eigenvalue weighted by atomic mass is 35.5. The largest absolute Gasteiger partial charge is 0.495 e. The highest BCUT2D eigenvalue weighted by molar-refractivity contribution is 7.12. The van der Waals surface area contributed by atoms with E-state index in [1.807, 2.05) is 12.3 Å². The molecule has 0 saturated carbocycles. The summed E-state index contributed by atoms with van der Waals surface area (Å²) in [5, 5.41) is 4.69. The summed E-state index contributed by atoms with van der Waals surface area (Å²) in [6.45, 7) is 1.94. The Hall–Kier alpha value is -0.450. The molecule has 1 amide bonds. The summed E-state index contributed by atoms with van der Waals surface area (Å²) >= 11 is 13.1. The van der Waals surface area contributed by atoms with Gasteiger partial charge in [-0.2, -0.15) is 0 Å². The van der Waals surface area contributed by atoms with Crippen LogP contribution in [0.15, 0.2) is 11.4 Å². The SMILES string of the molecule is CCC(CCl)(CCl)NC(=O)c1sccc1OC. The van der Waals surface area contributed by atoms with Crippen LogP contribution in [0.3, 0.4) is 0 Å². The normalized spacial score (nSPS) is 11.3. The standard InChI is InChI=1S/C11H15Cl2NO2S/c1-3-11(6-12,7-13)14-10(15)9-8(16-2)4-5-17-9/h4-5H,3,6-7H2,1-2H3,(H,14,15). The molecule has 0 aliphatic rings. The second-order valence-electron chi connectivity index (χ2n) is 3.67. The molecule has 1 aromatic heterocycles. The summed E-state index contributed by atoms with van der Waals surface area (Å²) in [4.78, 5) is 12.6. The lowest BCUT2D eigenvalue weighted by Crippen LogP contribution is -2.51. The minimum absolute atomic E-state index is 0.194. The third kappa shape index (κ3) is 3.27. The van der Waals surface area contributed by atoms with Crippen molar-refractivity contribution in [3.63, 3.8) is 0 Å². The first-order chi connectivity index (χ1) is 8.12. The number of halogens is 2. The molecule has 1 heterocycles. The molecule has 0 aliphatic carbocycles. The third-order valence-corrected chi connectivity index (χ3v) is 4.54. The van der Waals surface area contributed by atoms with Crippen molar-refractivity contribution >= 4 is 40.4 Å². The lowest BCUT2D eigenvalue weighted by molar-refractivity contribution is 0.0915. The van der Waals surface area contributed by atoms with Crippen LogP contribution in [0.1, 0.15) is 23.0 Å². The predicted octanol–water partition coefficient (Wildman–Crippen LogP) is 3.11. The molecule has 17 heavy (non-hydrogen) atoms. The molecule has 0 aliphatic heterocycles. The Morgan fingerprint density at radius 1 is 1.53 bits per heavy atom. The van der Waals surface area contributed by atoms with Gasteiger partial charge in [0.15, 0.2) is 0 Å². The summed E-state index contributed by atoms with van der Waals surface area (Å²) in [6.07, 6.45) is 0.680. The Morgan fingerprint density at radius 3 is 2.65 bits per heavy atom. The number of thiophene rings is 1. The van der Waals surface area contributed by atoms with Gasteiger partial charge >= 0.3 is 0 Å². The van der Waals surface area contributed by atoms with Gasteiger partial charge in [0.1, 0.15) is 10.6 Å². The van der Waals surface area contributed by atoms with Gasteiger partial charge in [0.2, 0.25) is 0 Å². The summed E-state index contributed by atoms with van der Waals surface area (Å²) < 4.78 is 5.11. The van der Waals surface area contributed by atoms with Crippen LogP contribution in [0.2, 0.25) is 0 Å². The molecule has 1 aromatic rings. The number of alkyl halides is 2. The summed E-state index contributed by atoms with van der Waals surface area (Å²) in [6, 6.07) is 1.76. The Labute approximate surface area is 115 Å². The molecule has 0 aromatic carbocycles. The molecular formula is C11H15Cl2NO2S. The van der Waals surface area contributed by atoms with Gasteiger partial charge < -0.3 is 10.1 Å². The van der Waals surface area contributed by atoms with Crippen molar-refractivity contribution in [3.8, 4) is 5.75 Å². The van der Waals surface area contributed by atoms with E-state index in [0.29, 0.717) is 17.0 Å². The first-order valence-electron chi connectivity index (χ1n) is 5.18. The van der Waals surface area contributed by atoms with Crippen LogP contribution in [-0.2, 0) is 0 Å². The molecule has 0 unspecified atom stereocenters. The molecule has 1 N–H and O–H groups in total. The maximum Gasteiger partial charge on any atom is 0.265 e. The van der Waals surface area contributed by atoms with E-state index >= 15 is 0 Å². The van der Waals surface area contributed by atoms with Crippen molar-refractivity contribution in [2.24, 2.45) is 0 Å². The Bertz CT molecular complexity index is 369. The minimum atomic E-state index is -0.560. The van der Waals surface area contributed by atoms with E-state index in [0.717, 1.165) is 0 Å². The van der Waals surface area contributed by atoms with E-state index < -0.39 is 5.54 Å². The quantitative estimate of drug-likeness (QED) is 0.819. The molecule has 1 rings (SSSR count). The first kappa shape index (κ1) is 14.6. The molecule has 0 radical (unpaired) electrons. The molecule has 0 bridgehead atoms. The van der Waals surface area contributed by atoms with Crippen LogP contribution in [-0.4, -0.2) is 30.3 Å². The van der Waals surface area contributed by atoms with Crippen LogP contribution in [0.5, 0.6) is 5.75 Å². The lowest BCUT2D eigenvalue weighted by atomic mass is 10.0. The molecule has 0 spiro atoms. The van der Waals surface area contributed by atoms with E-state index in [9.17, 15) is 4.79 Å². The van der Waals surface area contributed by atoms with Crippen molar-refractivity contribution in [3.05, 3.63) is 16.3 Å². The second-order valence-corrected chi connectivity index (χ2v) is 5.12. The Morgan fingerprint density at radius 2 is 2.18 bits per heavy atom. The van der Waals surface area contributed by atoms with E-state index in [1.165, 1.54) is 18.4 Å². The summed E-state index contributed by atoms with van der Waals surface area (Å²) in [5.74, 6) is 0.945. The van der Waals surface area contributed by atoms with Crippen molar-refractivity contribution in [2.45, 2.75) is 18.9 Å². The van der Waals surface area contributed by atoms with Gasteiger partial charge in [-0.05, 0) is 17.9 Å². The van der Waals surface area contributed by atoms with Gasteiger partial charge in [0.25, 0.3) is 5.91 Å². The zero-order valence-corrected chi connectivity index (χ0v) is 12.1. The van der Waals surface area contributed by atoms with Gasteiger partial charge in [-0.15, -0.1) is 34.5 Å². The molecule has 0 saturated heterocycles. The van der Waals surface area contributed by atoms with Crippen molar-refractivity contribution in [2.75, 3.05) is 18.9 Å². The van der Waals surface area contributed by atoms with Gasteiger partial charge in [0.05, 0.1) is 12.6 Å². The fraction of sp³-hybridized carbons (Fsp3) is 0.545. The number of hydrogen-bond donors (Lipinski definition) is 1. The number of nitrogens with one attached hydrogen (secondary N) is 1. The first-order valence-corrected chi connectivity index (χ1v) is 7.13. The summed E-state index contributed by atoms with van der Waals surface area (Å²) in [5.41, 5.74) is -0.560. The highest BCUT2D eigenvalue weighted by Crippen LogP contribution is 2.25. The fourth-order valence-corrected chi connectivity index (χ4v) is 2.85. The van der Waals surface area contributed by atoms with E-state index in [4.69, 9.17) is 27.9 Å². The van der Waals surface area contributed by atoms with E-state index in [-0.39, 0.29) is 17.7 Å². The molecule has 6 heteroatoms. The van der Waals surface area contributed by atoms with Crippen molar-refractivity contribution < 1.29 is 9.53 Å². The fourth-order valence-electron chi connectivity index (χ4n) is 1.30. The maximum absolute atomic E-state index is 12.1. The van der Waals surface area contributed by atoms with Crippen LogP contribution in [0.25, 0.3) is 0 Å². The third-order valence-electron chi connectivity index (χ3n) is 2.62. The van der Waals surface area contributed by atoms with Gasteiger partial charge in [-0.1, -0.05) is 6.92 Å². The van der Waals surface area contributed by atoms with Gasteiger partial charge in [0, 0.05) is 11.8 Å². The smallest absolute Gasteiger partial charge is 0.265 e. The maximum atomic E-state index is 12.1. The number of hydrogen-bond acceptors (Lipinski definition) is 3. The average Bonchev–Trinajstić information content (AvgIpc) is 2.84. The van der Waals surface area contributed by atoms with Crippen LogP contribution in [0, 0.1) is 0 Å². The van der Waals surface area contributed by atoms with Gasteiger partial charge in [-0.25, -0.2) is 0 Å². The average molecular weight is 296 g/mol. The topological polar surface area (TPSA) is 38.3 Å². The van der Waals surface area contributed by atoms with Crippen molar-refractivity contribution in [1.82, 2.24) is 5.32 Å². The number of ether oxygens (including phenoxy) is 1. The van der Waals surface area contributed by atoms with Gasteiger partial charge in [-0.3, -0.25) is 4.79 Å². The number of carbonyl (C=O) groups excluding carboxylic acids is 1. The minimum Gasteiger partial charge on any atom is -0.495 e. The molecule has 3 nitrogen and oxygen atoms in total. The van der Waals surface area contributed by atoms with E-state index in [1.54, 1.807) is 6.07 Å². The zero-order chi connectivity index (χ0) is 12.9. The van der Waals surface area contributed by atoms with E-state index in [2.05, 4.69) is 5.32 Å². The van der Waals surface area contributed by atoms with Crippen LogP contribution in [0.4, 0.5) is 0 Å². The monoisotopic (exact) mass is 295 g/mol. The Balaban J connectivity index is 2.84. The zero-order valence-electron chi connectivity index (χ0n) is 9.76. The summed E-state index contributed by atoms with van der Waals surface area (Å²) in [7, 11) is 1.54. The molecular weight excluding hydrogens is 281 g/mol. The number of methoxy groups -OCH3 is 1. The molecule has 96 valence electrons. The predicted molar refractivity (Wildman–Crippen MR) is 72.8 cm³/mol. The highest BCUT2D eigenvalue weighted by Gasteiger charge is 2.30. The second kappa shape index (κ2) is 6.47. The molecule has 0 fully saturated rings. The van der Waals surface area contributed by atoms with Crippen LogP contribution >= 0.6 is 34.5 Å². The number of amides is 1. The molecule has 0 atom stereocenters.